The molecular formula is C13H9O. The van der Waals surface area contributed by atoms with Crippen LogP contribution >= 0.6 is 0 Å². The Bertz CT molecular complexity index is 432. The smallest absolute Gasteiger partial charge is 0.150 e. The third kappa shape index (κ3) is 1.57. The van der Waals surface area contributed by atoms with Gasteiger partial charge in [0, 0.05) is 5.56 Å². The first-order valence-corrected chi connectivity index (χ1v) is 4.43. The fourth-order valence-corrected chi connectivity index (χ4v) is 1.41. The number of carbonyl (C=O) groups excluding carboxylic acids is 1. The third-order valence-corrected chi connectivity index (χ3v) is 2.09. The lowest BCUT2D eigenvalue weighted by atomic mass is 10.0. The number of hydrogen-bond donors (Lipinski definition) is 0. The number of hydrogen-bond acceptors (Lipinski definition) is 1. The monoisotopic (exact) mass is 181 g/mol. The predicted molar refractivity (Wildman–Crippen MR) is 56.1 cm³/mol. The van der Waals surface area contributed by atoms with E-state index in [1.807, 2.05) is 48.5 Å². The van der Waals surface area contributed by atoms with Gasteiger partial charge in [-0.1, -0.05) is 48.5 Å². The Hall–Kier alpha value is -1.89. The molecule has 0 aromatic heterocycles. The average molecular weight is 181 g/mol. The van der Waals surface area contributed by atoms with Gasteiger partial charge < -0.3 is 0 Å². The van der Waals surface area contributed by atoms with Crippen molar-refractivity contribution < 1.29 is 4.79 Å². The lowest BCUT2D eigenvalue weighted by molar-refractivity contribution is 0.112. The molecule has 2 aromatic rings. The number of benzene rings is 2. The van der Waals surface area contributed by atoms with E-state index in [1.165, 1.54) is 0 Å². The van der Waals surface area contributed by atoms with Gasteiger partial charge in [-0.3, -0.25) is 4.79 Å². The summed E-state index contributed by atoms with van der Waals surface area (Å²) in [5.41, 5.74) is 2.59. The van der Waals surface area contributed by atoms with Crippen LogP contribution < -0.4 is 0 Å². The summed E-state index contributed by atoms with van der Waals surface area (Å²) in [6, 6.07) is 18.3. The van der Waals surface area contributed by atoms with Gasteiger partial charge in [-0.05, 0) is 17.2 Å². The minimum Gasteiger partial charge on any atom is -0.298 e. The van der Waals surface area contributed by atoms with Crippen molar-refractivity contribution in [2.24, 2.45) is 0 Å². The van der Waals surface area contributed by atoms with Gasteiger partial charge >= 0.3 is 0 Å². The van der Waals surface area contributed by atoms with Gasteiger partial charge in [0.15, 0.2) is 6.29 Å². The van der Waals surface area contributed by atoms with E-state index in [1.54, 1.807) is 0 Å². The Morgan fingerprint density at radius 2 is 1.79 bits per heavy atom. The molecule has 0 aliphatic rings. The summed E-state index contributed by atoms with van der Waals surface area (Å²) in [6.45, 7) is 0. The minimum atomic E-state index is 0.704. The molecule has 1 nitrogen and oxygen atoms in total. The van der Waals surface area contributed by atoms with Crippen molar-refractivity contribution in [3.63, 3.8) is 0 Å². The van der Waals surface area contributed by atoms with Crippen LogP contribution in [0.2, 0.25) is 0 Å². The molecule has 0 fully saturated rings. The van der Waals surface area contributed by atoms with Crippen molar-refractivity contribution in [3.8, 4) is 11.1 Å². The van der Waals surface area contributed by atoms with E-state index in [0.717, 1.165) is 17.4 Å². The summed E-state index contributed by atoms with van der Waals surface area (Å²) in [6.07, 6.45) is 0.871. The van der Waals surface area contributed by atoms with Crippen molar-refractivity contribution in [2.45, 2.75) is 0 Å². The van der Waals surface area contributed by atoms with Crippen molar-refractivity contribution in [2.75, 3.05) is 0 Å². The van der Waals surface area contributed by atoms with Gasteiger partial charge in [-0.15, -0.1) is 0 Å². The molecular weight excluding hydrogens is 172 g/mol. The van der Waals surface area contributed by atoms with Crippen LogP contribution in [0.15, 0.2) is 48.5 Å². The normalized spacial score (nSPS) is 9.71. The zero-order valence-corrected chi connectivity index (χ0v) is 7.60. The highest BCUT2D eigenvalue weighted by molar-refractivity contribution is 5.87. The molecule has 0 unspecified atom stereocenters. The summed E-state index contributed by atoms with van der Waals surface area (Å²) in [7, 11) is 0. The van der Waals surface area contributed by atoms with E-state index in [0.29, 0.717) is 5.56 Å². The maximum Gasteiger partial charge on any atom is 0.150 e. The maximum absolute atomic E-state index is 10.8. The second-order valence-electron chi connectivity index (χ2n) is 2.98. The van der Waals surface area contributed by atoms with Crippen LogP contribution in [-0.2, 0) is 0 Å². The quantitative estimate of drug-likeness (QED) is 0.651. The number of carbonyl (C=O) groups is 1. The standard InChI is InChI=1S/C13H9O/c14-10-12-8-4-5-9-13(12)11-6-2-1-3-7-11/h1-6,8-10H. The topological polar surface area (TPSA) is 17.1 Å². The Labute approximate surface area is 83.0 Å². The van der Waals surface area contributed by atoms with Crippen molar-refractivity contribution >= 4 is 6.29 Å². The first-order chi connectivity index (χ1) is 6.92. The highest BCUT2D eigenvalue weighted by atomic mass is 16.1. The molecule has 2 rings (SSSR count). The van der Waals surface area contributed by atoms with Crippen molar-refractivity contribution in [1.29, 1.82) is 0 Å². The van der Waals surface area contributed by atoms with Crippen LogP contribution in [0.4, 0.5) is 0 Å². The average Bonchev–Trinajstić information content (AvgIpc) is 2.30. The van der Waals surface area contributed by atoms with Crippen LogP contribution in [0.25, 0.3) is 11.1 Å². The molecule has 0 saturated heterocycles. The van der Waals surface area contributed by atoms with E-state index in [4.69, 9.17) is 0 Å². The Morgan fingerprint density at radius 1 is 1.00 bits per heavy atom. The SMILES string of the molecule is O=Cc1ccccc1-c1[c]cccc1. The molecule has 14 heavy (non-hydrogen) atoms. The molecule has 1 radical (unpaired) electrons. The zero-order chi connectivity index (χ0) is 9.80. The molecule has 0 amide bonds. The largest absolute Gasteiger partial charge is 0.298 e. The van der Waals surface area contributed by atoms with Crippen LogP contribution in [-0.4, -0.2) is 6.29 Å². The van der Waals surface area contributed by atoms with Gasteiger partial charge in [0.05, 0.1) is 0 Å². The van der Waals surface area contributed by atoms with Gasteiger partial charge in [0.1, 0.15) is 0 Å². The highest BCUT2D eigenvalue weighted by Crippen LogP contribution is 2.21. The molecule has 0 aliphatic carbocycles. The fourth-order valence-electron chi connectivity index (χ4n) is 1.41. The van der Waals surface area contributed by atoms with Gasteiger partial charge in [0.25, 0.3) is 0 Å². The summed E-state index contributed by atoms with van der Waals surface area (Å²) in [5, 5.41) is 0. The van der Waals surface area contributed by atoms with E-state index in [-0.39, 0.29) is 0 Å². The second kappa shape index (κ2) is 3.88. The molecule has 0 aliphatic heterocycles. The Morgan fingerprint density at radius 3 is 2.50 bits per heavy atom. The van der Waals surface area contributed by atoms with E-state index in [9.17, 15) is 4.79 Å². The van der Waals surface area contributed by atoms with Crippen LogP contribution in [0.3, 0.4) is 0 Å². The summed E-state index contributed by atoms with van der Waals surface area (Å²) in [5.74, 6) is 0. The van der Waals surface area contributed by atoms with Gasteiger partial charge in [-0.25, -0.2) is 0 Å². The highest BCUT2D eigenvalue weighted by Gasteiger charge is 2.01. The summed E-state index contributed by atoms with van der Waals surface area (Å²) in [4.78, 5) is 10.8. The van der Waals surface area contributed by atoms with Crippen LogP contribution in [0, 0.1) is 6.07 Å². The Kier molecular flexibility index (Phi) is 2.41. The van der Waals surface area contributed by atoms with Gasteiger partial charge in [0.2, 0.25) is 0 Å². The molecule has 0 spiro atoms. The molecule has 0 saturated carbocycles. The molecule has 67 valence electrons. The van der Waals surface area contributed by atoms with Crippen LogP contribution in [0.1, 0.15) is 10.4 Å². The van der Waals surface area contributed by atoms with E-state index >= 15 is 0 Å². The van der Waals surface area contributed by atoms with Crippen molar-refractivity contribution in [3.05, 3.63) is 60.2 Å². The fraction of sp³-hybridized carbons (Fsp3) is 0. The maximum atomic E-state index is 10.8. The zero-order valence-electron chi connectivity index (χ0n) is 7.60. The molecule has 0 N–H and O–H groups in total. The van der Waals surface area contributed by atoms with Crippen LogP contribution in [0.5, 0.6) is 0 Å². The molecule has 2 aromatic carbocycles. The number of rotatable bonds is 2. The second-order valence-corrected chi connectivity index (χ2v) is 2.98. The molecule has 0 heterocycles. The molecule has 0 atom stereocenters. The lowest BCUT2D eigenvalue weighted by Crippen LogP contribution is -1.85. The Balaban J connectivity index is 2.57. The predicted octanol–water partition coefficient (Wildman–Crippen LogP) is 2.97. The summed E-state index contributed by atoms with van der Waals surface area (Å²) >= 11 is 0. The first-order valence-electron chi connectivity index (χ1n) is 4.43. The van der Waals surface area contributed by atoms with E-state index < -0.39 is 0 Å². The minimum absolute atomic E-state index is 0.704. The van der Waals surface area contributed by atoms with Gasteiger partial charge in [-0.2, -0.15) is 0 Å². The molecule has 0 bridgehead atoms. The lowest BCUT2D eigenvalue weighted by Gasteiger charge is -2.02. The first kappa shape index (κ1) is 8.70. The summed E-state index contributed by atoms with van der Waals surface area (Å²) < 4.78 is 0. The van der Waals surface area contributed by atoms with E-state index in [2.05, 4.69) is 6.07 Å². The molecule has 1 heteroatoms. The van der Waals surface area contributed by atoms with Crippen molar-refractivity contribution in [1.82, 2.24) is 0 Å². The number of aldehydes is 1. The third-order valence-electron chi connectivity index (χ3n) is 2.09.